The summed E-state index contributed by atoms with van der Waals surface area (Å²) in [5, 5.41) is 0. The monoisotopic (exact) mass is 246 g/mol. The molecule has 0 spiro atoms. The Kier molecular flexibility index (Phi) is 3.33. The van der Waals surface area contributed by atoms with Crippen LogP contribution in [0.25, 0.3) is 16.7 Å². The molecule has 1 aliphatic carbocycles. The van der Waals surface area contributed by atoms with Crippen LogP contribution in [0, 0.1) is 6.92 Å². The molecule has 0 unspecified atom stereocenters. The molecule has 19 heavy (non-hydrogen) atoms. The molecule has 0 radical (unpaired) electrons. The zero-order chi connectivity index (χ0) is 13.1. The van der Waals surface area contributed by atoms with Gasteiger partial charge >= 0.3 is 0 Å². The Balaban J connectivity index is 1.88. The normalized spacial score (nSPS) is 14.3. The van der Waals surface area contributed by atoms with Gasteiger partial charge in [-0.1, -0.05) is 72.3 Å². The molecule has 0 atom stereocenters. The summed E-state index contributed by atoms with van der Waals surface area (Å²) in [4.78, 5) is 0. The van der Waals surface area contributed by atoms with E-state index in [9.17, 15) is 0 Å². The zero-order valence-corrected chi connectivity index (χ0v) is 11.3. The van der Waals surface area contributed by atoms with Crippen LogP contribution in [0.4, 0.5) is 0 Å². The third-order valence-corrected chi connectivity index (χ3v) is 3.60. The summed E-state index contributed by atoms with van der Waals surface area (Å²) in [6.07, 6.45) is 9.13. The number of aryl methyl sites for hydroxylation is 1. The van der Waals surface area contributed by atoms with Crippen molar-refractivity contribution in [2.75, 3.05) is 0 Å². The third-order valence-electron chi connectivity index (χ3n) is 3.60. The smallest absolute Gasteiger partial charge is 0.0184 e. The number of benzene rings is 2. The Bertz CT molecular complexity index is 610. The highest BCUT2D eigenvalue weighted by atomic mass is 14.1. The minimum absolute atomic E-state index is 1.16. The Hall–Kier alpha value is -2.08. The second kappa shape index (κ2) is 5.27. The highest BCUT2D eigenvalue weighted by molar-refractivity contribution is 5.76. The van der Waals surface area contributed by atoms with Gasteiger partial charge in [-0.05, 0) is 42.0 Å². The van der Waals surface area contributed by atoms with E-state index in [1.54, 1.807) is 0 Å². The van der Waals surface area contributed by atoms with Crippen LogP contribution in [0.5, 0.6) is 0 Å². The highest BCUT2D eigenvalue weighted by Crippen LogP contribution is 2.25. The van der Waals surface area contributed by atoms with Crippen molar-refractivity contribution in [3.05, 3.63) is 77.9 Å². The van der Waals surface area contributed by atoms with Crippen molar-refractivity contribution in [1.82, 2.24) is 0 Å². The second-order valence-corrected chi connectivity index (χ2v) is 5.08. The van der Waals surface area contributed by atoms with Crippen LogP contribution in [-0.4, -0.2) is 0 Å². The summed E-state index contributed by atoms with van der Waals surface area (Å²) in [6, 6.07) is 17.6. The van der Waals surface area contributed by atoms with E-state index in [4.69, 9.17) is 0 Å². The number of hydrogen-bond acceptors (Lipinski definition) is 0. The predicted molar refractivity (Wildman–Crippen MR) is 83.0 cm³/mol. The van der Waals surface area contributed by atoms with Crippen molar-refractivity contribution < 1.29 is 0 Å². The molecule has 0 saturated carbocycles. The SMILES string of the molecule is Cc1ccc(-c2ccc(C3=CCCC=C3)cc2)cc1. The van der Waals surface area contributed by atoms with E-state index in [0.29, 0.717) is 0 Å². The molecular formula is C19H18. The van der Waals surface area contributed by atoms with Crippen molar-refractivity contribution in [1.29, 1.82) is 0 Å². The van der Waals surface area contributed by atoms with Gasteiger partial charge in [-0.15, -0.1) is 0 Å². The lowest BCUT2D eigenvalue weighted by Crippen LogP contribution is -1.86. The molecule has 0 heterocycles. The number of hydrogen-bond donors (Lipinski definition) is 0. The van der Waals surface area contributed by atoms with Crippen LogP contribution in [-0.2, 0) is 0 Å². The van der Waals surface area contributed by atoms with Gasteiger partial charge in [0.25, 0.3) is 0 Å². The van der Waals surface area contributed by atoms with Crippen LogP contribution >= 0.6 is 0 Å². The molecule has 2 aromatic rings. The van der Waals surface area contributed by atoms with E-state index < -0.39 is 0 Å². The van der Waals surface area contributed by atoms with Gasteiger partial charge < -0.3 is 0 Å². The first kappa shape index (κ1) is 12.0. The Morgan fingerprint density at radius 1 is 0.684 bits per heavy atom. The standard InChI is InChI=1S/C19H18/c1-15-7-9-17(10-8-15)19-13-11-18(12-14-19)16-5-3-2-4-6-16/h3,5-14H,2,4H2,1H3. The molecule has 0 fully saturated rings. The third kappa shape index (κ3) is 2.68. The minimum atomic E-state index is 1.16. The Morgan fingerprint density at radius 2 is 1.26 bits per heavy atom. The molecule has 94 valence electrons. The molecule has 0 aromatic heterocycles. The van der Waals surface area contributed by atoms with E-state index in [2.05, 4.69) is 73.7 Å². The van der Waals surface area contributed by atoms with Crippen LogP contribution < -0.4 is 0 Å². The lowest BCUT2D eigenvalue weighted by Gasteiger charge is -2.08. The summed E-state index contributed by atoms with van der Waals surface area (Å²) in [6.45, 7) is 2.12. The van der Waals surface area contributed by atoms with Crippen LogP contribution in [0.15, 0.2) is 66.8 Å². The van der Waals surface area contributed by atoms with Crippen molar-refractivity contribution in [2.45, 2.75) is 19.8 Å². The lowest BCUT2D eigenvalue weighted by molar-refractivity contribution is 1.04. The minimum Gasteiger partial charge on any atom is -0.0836 e. The predicted octanol–water partition coefficient (Wildman–Crippen LogP) is 5.40. The van der Waals surface area contributed by atoms with Gasteiger partial charge in [0.2, 0.25) is 0 Å². The molecule has 0 saturated heterocycles. The van der Waals surface area contributed by atoms with Crippen molar-refractivity contribution >= 4 is 5.57 Å². The summed E-state index contributed by atoms with van der Waals surface area (Å²) in [7, 11) is 0. The topological polar surface area (TPSA) is 0 Å². The first-order valence-electron chi connectivity index (χ1n) is 6.87. The fraction of sp³-hybridized carbons (Fsp3) is 0.158. The summed E-state index contributed by atoms with van der Waals surface area (Å²) in [5.41, 5.74) is 6.53. The molecular weight excluding hydrogens is 228 g/mol. The van der Waals surface area contributed by atoms with Gasteiger partial charge in [-0.3, -0.25) is 0 Å². The largest absolute Gasteiger partial charge is 0.0836 e. The molecule has 1 aliphatic rings. The lowest BCUT2D eigenvalue weighted by atomic mass is 9.97. The second-order valence-electron chi connectivity index (χ2n) is 5.08. The maximum atomic E-state index is 2.32. The van der Waals surface area contributed by atoms with Gasteiger partial charge in [0.15, 0.2) is 0 Å². The van der Waals surface area contributed by atoms with E-state index in [1.165, 1.54) is 34.2 Å². The average Bonchev–Trinajstić information content (AvgIpc) is 2.49. The van der Waals surface area contributed by atoms with Crippen molar-refractivity contribution in [3.63, 3.8) is 0 Å². The fourth-order valence-corrected chi connectivity index (χ4v) is 2.43. The van der Waals surface area contributed by atoms with Crippen LogP contribution in [0.2, 0.25) is 0 Å². The summed E-state index contributed by atoms with van der Waals surface area (Å²) < 4.78 is 0. The Labute approximate surface area is 115 Å². The first-order chi connectivity index (χ1) is 9.33. The van der Waals surface area contributed by atoms with Gasteiger partial charge in [-0.2, -0.15) is 0 Å². The number of rotatable bonds is 2. The maximum Gasteiger partial charge on any atom is -0.0184 e. The molecule has 0 N–H and O–H groups in total. The molecule has 0 amide bonds. The van der Waals surface area contributed by atoms with E-state index >= 15 is 0 Å². The molecule has 0 nitrogen and oxygen atoms in total. The number of allylic oxidation sites excluding steroid dienone is 4. The van der Waals surface area contributed by atoms with Crippen molar-refractivity contribution in [3.8, 4) is 11.1 Å². The zero-order valence-electron chi connectivity index (χ0n) is 11.3. The molecule has 0 bridgehead atoms. The van der Waals surface area contributed by atoms with E-state index in [1.807, 2.05) is 0 Å². The molecule has 3 rings (SSSR count). The fourth-order valence-electron chi connectivity index (χ4n) is 2.43. The molecule has 0 heteroatoms. The van der Waals surface area contributed by atoms with Gasteiger partial charge in [0.1, 0.15) is 0 Å². The highest BCUT2D eigenvalue weighted by Gasteiger charge is 2.02. The summed E-state index contributed by atoms with van der Waals surface area (Å²) in [5.74, 6) is 0. The van der Waals surface area contributed by atoms with Gasteiger partial charge in [0.05, 0.1) is 0 Å². The average molecular weight is 246 g/mol. The van der Waals surface area contributed by atoms with Gasteiger partial charge in [0, 0.05) is 0 Å². The van der Waals surface area contributed by atoms with E-state index in [-0.39, 0.29) is 0 Å². The summed E-state index contributed by atoms with van der Waals surface area (Å²) >= 11 is 0. The Morgan fingerprint density at radius 3 is 1.84 bits per heavy atom. The quantitative estimate of drug-likeness (QED) is 0.666. The van der Waals surface area contributed by atoms with Crippen molar-refractivity contribution in [2.24, 2.45) is 0 Å². The van der Waals surface area contributed by atoms with Crippen LogP contribution in [0.1, 0.15) is 24.0 Å². The van der Waals surface area contributed by atoms with Gasteiger partial charge in [-0.25, -0.2) is 0 Å². The van der Waals surface area contributed by atoms with E-state index in [0.717, 1.165) is 6.42 Å². The van der Waals surface area contributed by atoms with Crippen LogP contribution in [0.3, 0.4) is 0 Å². The molecule has 2 aromatic carbocycles. The maximum absolute atomic E-state index is 2.32. The first-order valence-corrected chi connectivity index (χ1v) is 6.87. The molecule has 0 aliphatic heterocycles.